The van der Waals surface area contributed by atoms with Gasteiger partial charge in [0.25, 0.3) is 5.91 Å². The number of anilines is 2. The van der Waals surface area contributed by atoms with E-state index in [0.29, 0.717) is 11.4 Å². The molecule has 142 valence electrons. The van der Waals surface area contributed by atoms with E-state index in [1.54, 1.807) is 31.2 Å². The van der Waals surface area contributed by atoms with Crippen LogP contribution in [0.25, 0.3) is 0 Å². The molecule has 7 nitrogen and oxygen atoms in total. The second-order valence-electron chi connectivity index (χ2n) is 6.10. The number of para-hydroxylation sites is 2. The van der Waals surface area contributed by atoms with Crippen LogP contribution in [0.1, 0.15) is 17.3 Å². The van der Waals surface area contributed by atoms with E-state index in [1.807, 2.05) is 0 Å². The maximum atomic E-state index is 12.5. The number of sulfonamides is 1. The first-order valence-corrected chi connectivity index (χ1v) is 10.0. The molecular formula is C18H17ClN2O5S. The molecule has 2 amide bonds. The van der Waals surface area contributed by atoms with Gasteiger partial charge in [-0.15, -0.1) is 0 Å². The minimum absolute atomic E-state index is 0.0300. The zero-order chi connectivity index (χ0) is 19.8. The van der Waals surface area contributed by atoms with Crippen molar-refractivity contribution in [2.75, 3.05) is 22.5 Å². The number of nitrogens with one attached hydrogen (secondary N) is 1. The zero-order valence-electron chi connectivity index (χ0n) is 14.6. The van der Waals surface area contributed by atoms with Gasteiger partial charge in [-0.05, 0) is 30.3 Å². The van der Waals surface area contributed by atoms with Crippen LogP contribution in [-0.2, 0) is 14.8 Å². The van der Waals surface area contributed by atoms with E-state index in [1.165, 1.54) is 25.3 Å². The van der Waals surface area contributed by atoms with E-state index >= 15 is 0 Å². The zero-order valence-corrected chi connectivity index (χ0v) is 16.2. The van der Waals surface area contributed by atoms with E-state index in [0.717, 1.165) is 4.31 Å². The average Bonchev–Trinajstić information content (AvgIpc) is 2.82. The minimum Gasteiger partial charge on any atom is -0.495 e. The van der Waals surface area contributed by atoms with Crippen LogP contribution in [0.3, 0.4) is 0 Å². The number of carbonyl (C=O) groups excluding carboxylic acids is 2. The first-order valence-electron chi connectivity index (χ1n) is 8.05. The lowest BCUT2D eigenvalue weighted by atomic mass is 10.1. The molecule has 1 atom stereocenters. The summed E-state index contributed by atoms with van der Waals surface area (Å²) in [5.74, 6) is -1.39. The molecule has 0 bridgehead atoms. The fourth-order valence-corrected chi connectivity index (χ4v) is 4.91. The van der Waals surface area contributed by atoms with Crippen molar-refractivity contribution in [1.82, 2.24) is 0 Å². The maximum absolute atomic E-state index is 12.5. The molecule has 1 saturated heterocycles. The Labute approximate surface area is 161 Å². The first kappa shape index (κ1) is 19.2. The van der Waals surface area contributed by atoms with Crippen molar-refractivity contribution in [2.24, 2.45) is 5.92 Å². The summed E-state index contributed by atoms with van der Waals surface area (Å²) in [4.78, 5) is 24.7. The number of halogens is 1. The van der Waals surface area contributed by atoms with Gasteiger partial charge >= 0.3 is 0 Å². The fraction of sp³-hybridized carbons (Fsp3) is 0.222. The summed E-state index contributed by atoms with van der Waals surface area (Å²) in [6.07, 6.45) is 0. The van der Waals surface area contributed by atoms with Crippen molar-refractivity contribution >= 4 is 44.8 Å². The SMILES string of the molecule is COc1ccccc1NC(=O)c1ccc(N2C(=O)C(C)CS2(=O)=O)cc1Cl. The predicted molar refractivity (Wildman–Crippen MR) is 103 cm³/mol. The van der Waals surface area contributed by atoms with Crippen LogP contribution >= 0.6 is 11.6 Å². The van der Waals surface area contributed by atoms with E-state index in [2.05, 4.69) is 5.32 Å². The second kappa shape index (κ2) is 7.21. The van der Waals surface area contributed by atoms with Crippen LogP contribution in [0.5, 0.6) is 5.75 Å². The van der Waals surface area contributed by atoms with Gasteiger partial charge in [-0.25, -0.2) is 12.7 Å². The van der Waals surface area contributed by atoms with Gasteiger partial charge in [0.1, 0.15) is 5.75 Å². The number of rotatable bonds is 4. The average molecular weight is 409 g/mol. The lowest BCUT2D eigenvalue weighted by molar-refractivity contribution is -0.119. The topological polar surface area (TPSA) is 92.8 Å². The summed E-state index contributed by atoms with van der Waals surface area (Å²) >= 11 is 6.19. The van der Waals surface area contributed by atoms with Crippen molar-refractivity contribution in [1.29, 1.82) is 0 Å². The summed E-state index contributed by atoms with van der Waals surface area (Å²) in [7, 11) is -2.25. The quantitative estimate of drug-likeness (QED) is 0.839. The molecule has 1 unspecified atom stereocenters. The van der Waals surface area contributed by atoms with Crippen LogP contribution in [-0.4, -0.2) is 33.1 Å². The molecule has 9 heteroatoms. The minimum atomic E-state index is -3.74. The summed E-state index contributed by atoms with van der Waals surface area (Å²) in [5, 5.41) is 2.72. The van der Waals surface area contributed by atoms with Gasteiger partial charge in [0.05, 0.1) is 40.7 Å². The number of amides is 2. The highest BCUT2D eigenvalue weighted by atomic mass is 35.5. The molecule has 0 aromatic heterocycles. The van der Waals surface area contributed by atoms with Crippen molar-refractivity contribution in [3.8, 4) is 5.75 Å². The third-order valence-electron chi connectivity index (χ3n) is 4.15. The van der Waals surface area contributed by atoms with E-state index in [4.69, 9.17) is 16.3 Å². The Hall–Kier alpha value is -2.58. The predicted octanol–water partition coefficient (Wildman–Crippen LogP) is 2.91. The number of hydrogen-bond donors (Lipinski definition) is 1. The Morgan fingerprint density at radius 2 is 1.96 bits per heavy atom. The van der Waals surface area contributed by atoms with Crippen molar-refractivity contribution in [3.63, 3.8) is 0 Å². The van der Waals surface area contributed by atoms with Crippen LogP contribution < -0.4 is 14.4 Å². The lowest BCUT2D eigenvalue weighted by Gasteiger charge is -2.17. The molecule has 0 radical (unpaired) electrons. The highest BCUT2D eigenvalue weighted by Crippen LogP contribution is 2.32. The summed E-state index contributed by atoms with van der Waals surface area (Å²) in [6.45, 7) is 1.55. The summed E-state index contributed by atoms with van der Waals surface area (Å²) in [5.41, 5.74) is 0.725. The molecule has 1 heterocycles. The Kier molecular flexibility index (Phi) is 5.12. The van der Waals surface area contributed by atoms with Gasteiger partial charge in [0.15, 0.2) is 0 Å². The van der Waals surface area contributed by atoms with E-state index in [-0.39, 0.29) is 22.0 Å². The van der Waals surface area contributed by atoms with Gasteiger partial charge < -0.3 is 10.1 Å². The highest BCUT2D eigenvalue weighted by Gasteiger charge is 2.42. The number of hydrogen-bond acceptors (Lipinski definition) is 5. The van der Waals surface area contributed by atoms with Crippen molar-refractivity contribution < 1.29 is 22.7 Å². The monoisotopic (exact) mass is 408 g/mol. The lowest BCUT2D eigenvalue weighted by Crippen LogP contribution is -2.30. The number of benzene rings is 2. The standard InChI is InChI=1S/C18H17ClN2O5S/c1-11-10-27(24,25)21(18(11)23)12-7-8-13(14(19)9-12)17(22)20-15-5-3-4-6-16(15)26-2/h3-9,11H,10H2,1-2H3,(H,20,22). The molecular weight excluding hydrogens is 392 g/mol. The van der Waals surface area contributed by atoms with Crippen molar-refractivity contribution in [3.05, 3.63) is 53.1 Å². The Morgan fingerprint density at radius 3 is 2.56 bits per heavy atom. The maximum Gasteiger partial charge on any atom is 0.257 e. The highest BCUT2D eigenvalue weighted by molar-refractivity contribution is 7.94. The van der Waals surface area contributed by atoms with Gasteiger partial charge in [-0.1, -0.05) is 30.7 Å². The molecule has 2 aromatic rings. The molecule has 0 aliphatic carbocycles. The van der Waals surface area contributed by atoms with Gasteiger partial charge in [0, 0.05) is 0 Å². The Morgan fingerprint density at radius 1 is 1.26 bits per heavy atom. The smallest absolute Gasteiger partial charge is 0.257 e. The Bertz CT molecular complexity index is 1020. The molecule has 0 saturated carbocycles. The molecule has 1 N–H and O–H groups in total. The van der Waals surface area contributed by atoms with Gasteiger partial charge in [-0.3, -0.25) is 9.59 Å². The number of methoxy groups -OCH3 is 1. The number of carbonyl (C=O) groups is 2. The largest absolute Gasteiger partial charge is 0.495 e. The summed E-state index contributed by atoms with van der Waals surface area (Å²) < 4.78 is 30.3. The Balaban J connectivity index is 1.89. The van der Waals surface area contributed by atoms with Crippen molar-refractivity contribution in [2.45, 2.75) is 6.92 Å². The molecule has 1 aliphatic rings. The van der Waals surface area contributed by atoms with Crippen LogP contribution in [0, 0.1) is 5.92 Å². The van der Waals surface area contributed by atoms with Crippen LogP contribution in [0.4, 0.5) is 11.4 Å². The molecule has 2 aromatic carbocycles. The molecule has 27 heavy (non-hydrogen) atoms. The third-order valence-corrected chi connectivity index (χ3v) is 6.33. The van der Waals surface area contributed by atoms with Gasteiger partial charge in [-0.2, -0.15) is 0 Å². The van der Waals surface area contributed by atoms with Crippen LogP contribution in [0.15, 0.2) is 42.5 Å². The normalized spacial score (nSPS) is 18.4. The van der Waals surface area contributed by atoms with E-state index in [9.17, 15) is 18.0 Å². The summed E-state index contributed by atoms with van der Waals surface area (Å²) in [6, 6.07) is 11.0. The van der Waals surface area contributed by atoms with Gasteiger partial charge in [0.2, 0.25) is 15.9 Å². The number of ether oxygens (including phenoxy) is 1. The van der Waals surface area contributed by atoms with E-state index < -0.39 is 27.8 Å². The molecule has 0 spiro atoms. The molecule has 3 rings (SSSR count). The molecule has 1 aliphatic heterocycles. The second-order valence-corrected chi connectivity index (χ2v) is 8.37. The number of nitrogens with zero attached hydrogens (tertiary/aromatic N) is 1. The molecule has 1 fully saturated rings. The third kappa shape index (κ3) is 3.63. The first-order chi connectivity index (χ1) is 12.7. The fourth-order valence-electron chi connectivity index (χ4n) is 2.84. The van der Waals surface area contributed by atoms with Crippen LogP contribution in [0.2, 0.25) is 5.02 Å².